The zero-order chi connectivity index (χ0) is 33.3. The minimum Gasteiger partial charge on any atom is -0.462 e. The van der Waals surface area contributed by atoms with Crippen molar-refractivity contribution in [2.24, 2.45) is 0 Å². The SMILES string of the molecule is CCCCCC/C=C\CCCCCCCC(=O)O[C@H](COC(=O)CCCCCCCCCCCCCCCC)COP(=O)(O)O. The quantitative estimate of drug-likeness (QED) is 0.0303. The van der Waals surface area contributed by atoms with E-state index in [1.807, 2.05) is 0 Å². The fourth-order valence-electron chi connectivity index (χ4n) is 5.25. The van der Waals surface area contributed by atoms with Gasteiger partial charge in [-0.25, -0.2) is 4.57 Å². The molecule has 0 aromatic heterocycles. The minimum absolute atomic E-state index is 0.205. The first-order chi connectivity index (χ1) is 21.8. The molecule has 45 heavy (non-hydrogen) atoms. The van der Waals surface area contributed by atoms with Crippen molar-refractivity contribution in [1.29, 1.82) is 0 Å². The van der Waals surface area contributed by atoms with Crippen molar-refractivity contribution in [3.63, 3.8) is 0 Å². The highest BCUT2D eigenvalue weighted by Gasteiger charge is 2.22. The highest BCUT2D eigenvalue weighted by Crippen LogP contribution is 2.36. The van der Waals surface area contributed by atoms with Crippen molar-refractivity contribution >= 4 is 19.8 Å². The third-order valence-electron chi connectivity index (χ3n) is 8.03. The summed E-state index contributed by atoms with van der Waals surface area (Å²) in [5.41, 5.74) is 0. The average molecular weight is 661 g/mol. The van der Waals surface area contributed by atoms with E-state index in [1.165, 1.54) is 103 Å². The molecule has 0 radical (unpaired) electrons. The Morgan fingerprint density at radius 2 is 0.933 bits per heavy atom. The maximum absolute atomic E-state index is 12.3. The molecular formula is C36H69O8P. The Morgan fingerprint density at radius 3 is 1.38 bits per heavy atom. The maximum atomic E-state index is 12.3. The number of allylic oxidation sites excluding steroid dienone is 2. The Balaban J connectivity index is 3.96. The lowest BCUT2D eigenvalue weighted by Gasteiger charge is -2.18. The van der Waals surface area contributed by atoms with E-state index in [0.29, 0.717) is 6.42 Å². The molecule has 8 nitrogen and oxygen atoms in total. The summed E-state index contributed by atoms with van der Waals surface area (Å²) >= 11 is 0. The smallest absolute Gasteiger partial charge is 0.462 e. The standard InChI is InChI=1S/C36H69O8P/c1-3-5-7-9-11-13-15-17-19-20-22-24-26-28-30-35(37)42-32-34(33-43-45(39,40)41)44-36(38)31-29-27-25-23-21-18-16-14-12-10-8-6-4-2/h14,16,34H,3-13,15,17-33H2,1-2H3,(H2,39,40,41)/b16-14-/t34-/m1/s1. The summed E-state index contributed by atoms with van der Waals surface area (Å²) in [6, 6.07) is 0. The molecule has 0 aliphatic carbocycles. The van der Waals surface area contributed by atoms with Crippen LogP contribution in [0.3, 0.4) is 0 Å². The predicted octanol–water partition coefficient (Wildman–Crippen LogP) is 10.7. The molecule has 0 saturated carbocycles. The second kappa shape index (κ2) is 32.7. The van der Waals surface area contributed by atoms with Gasteiger partial charge in [-0.3, -0.25) is 14.1 Å². The lowest BCUT2D eigenvalue weighted by molar-refractivity contribution is -0.161. The largest absolute Gasteiger partial charge is 0.469 e. The van der Waals surface area contributed by atoms with Gasteiger partial charge >= 0.3 is 19.8 Å². The van der Waals surface area contributed by atoms with Crippen LogP contribution in [-0.4, -0.2) is 41.0 Å². The molecule has 0 aromatic rings. The van der Waals surface area contributed by atoms with Crippen molar-refractivity contribution in [1.82, 2.24) is 0 Å². The highest BCUT2D eigenvalue weighted by atomic mass is 31.2. The van der Waals surface area contributed by atoms with Gasteiger partial charge in [0.15, 0.2) is 6.10 Å². The number of hydrogen-bond donors (Lipinski definition) is 2. The molecule has 0 aliphatic heterocycles. The van der Waals surface area contributed by atoms with Gasteiger partial charge in [0, 0.05) is 12.8 Å². The lowest BCUT2D eigenvalue weighted by atomic mass is 10.0. The van der Waals surface area contributed by atoms with Crippen LogP contribution < -0.4 is 0 Å². The number of hydrogen-bond acceptors (Lipinski definition) is 6. The summed E-state index contributed by atoms with van der Waals surface area (Å²) in [7, 11) is -4.74. The topological polar surface area (TPSA) is 119 Å². The van der Waals surface area contributed by atoms with Gasteiger partial charge in [0.05, 0.1) is 6.61 Å². The molecule has 0 spiro atoms. The molecule has 0 aromatic carbocycles. The van der Waals surface area contributed by atoms with Crippen LogP contribution in [0, 0.1) is 0 Å². The molecule has 0 fully saturated rings. The Hall–Kier alpha value is -1.21. The first-order valence-electron chi connectivity index (χ1n) is 18.5. The monoisotopic (exact) mass is 660 g/mol. The Bertz CT molecular complexity index is 751. The number of phosphoric acid groups is 1. The van der Waals surface area contributed by atoms with Crippen molar-refractivity contribution in [2.45, 2.75) is 193 Å². The molecule has 2 N–H and O–H groups in total. The Kier molecular flexibility index (Phi) is 31.8. The first-order valence-corrected chi connectivity index (χ1v) is 20.0. The van der Waals surface area contributed by atoms with E-state index in [2.05, 4.69) is 30.5 Å². The normalized spacial score (nSPS) is 12.5. The van der Waals surface area contributed by atoms with Gasteiger partial charge < -0.3 is 19.3 Å². The lowest BCUT2D eigenvalue weighted by Crippen LogP contribution is -2.29. The molecule has 1 atom stereocenters. The van der Waals surface area contributed by atoms with Gasteiger partial charge in [-0.2, -0.15) is 0 Å². The van der Waals surface area contributed by atoms with E-state index in [0.717, 1.165) is 51.4 Å². The number of esters is 2. The zero-order valence-electron chi connectivity index (χ0n) is 29.0. The van der Waals surface area contributed by atoms with Gasteiger partial charge in [-0.15, -0.1) is 0 Å². The van der Waals surface area contributed by atoms with Crippen molar-refractivity contribution in [2.75, 3.05) is 13.2 Å². The van der Waals surface area contributed by atoms with Crippen LogP contribution in [-0.2, 0) is 28.2 Å². The third kappa shape index (κ3) is 35.5. The summed E-state index contributed by atoms with van der Waals surface area (Å²) in [5.74, 6) is -0.888. The number of phosphoric ester groups is 1. The predicted molar refractivity (Wildman–Crippen MR) is 184 cm³/mol. The van der Waals surface area contributed by atoms with E-state index in [1.54, 1.807) is 0 Å². The number of unbranched alkanes of at least 4 members (excludes halogenated alkanes) is 22. The Morgan fingerprint density at radius 1 is 0.556 bits per heavy atom. The second-order valence-corrected chi connectivity index (χ2v) is 13.8. The van der Waals surface area contributed by atoms with Crippen LogP contribution in [0.1, 0.15) is 187 Å². The molecule has 0 unspecified atom stereocenters. The van der Waals surface area contributed by atoms with Crippen molar-refractivity contribution in [3.05, 3.63) is 12.2 Å². The number of carbonyl (C=O) groups is 2. The maximum Gasteiger partial charge on any atom is 0.469 e. The second-order valence-electron chi connectivity index (χ2n) is 12.6. The summed E-state index contributed by atoms with van der Waals surface area (Å²) in [6.07, 6.45) is 33.6. The summed E-state index contributed by atoms with van der Waals surface area (Å²) in [4.78, 5) is 42.6. The molecule has 0 aliphatic rings. The zero-order valence-corrected chi connectivity index (χ0v) is 29.9. The van der Waals surface area contributed by atoms with Gasteiger partial charge in [0.2, 0.25) is 0 Å². The van der Waals surface area contributed by atoms with E-state index in [4.69, 9.17) is 19.3 Å². The molecular weight excluding hydrogens is 591 g/mol. The third-order valence-corrected chi connectivity index (χ3v) is 8.52. The molecule has 0 saturated heterocycles. The average Bonchev–Trinajstić information content (AvgIpc) is 3.00. The van der Waals surface area contributed by atoms with Crippen LogP contribution >= 0.6 is 7.82 Å². The number of rotatable bonds is 34. The van der Waals surface area contributed by atoms with E-state index in [9.17, 15) is 14.2 Å². The summed E-state index contributed by atoms with van der Waals surface area (Å²) in [5, 5.41) is 0. The minimum atomic E-state index is -4.74. The molecule has 9 heteroatoms. The number of carbonyl (C=O) groups excluding carboxylic acids is 2. The molecule has 0 bridgehead atoms. The van der Waals surface area contributed by atoms with Crippen LogP contribution in [0.25, 0.3) is 0 Å². The Labute approximate surface area is 276 Å². The fraction of sp³-hybridized carbons (Fsp3) is 0.889. The molecule has 0 heterocycles. The summed E-state index contributed by atoms with van der Waals surface area (Å²) in [6.45, 7) is 3.66. The van der Waals surface area contributed by atoms with E-state index in [-0.39, 0.29) is 19.4 Å². The van der Waals surface area contributed by atoms with E-state index >= 15 is 0 Å². The van der Waals surface area contributed by atoms with Crippen LogP contribution in [0.15, 0.2) is 12.2 Å². The van der Waals surface area contributed by atoms with Crippen LogP contribution in [0.4, 0.5) is 0 Å². The van der Waals surface area contributed by atoms with Crippen molar-refractivity contribution < 1.29 is 37.9 Å². The fourth-order valence-corrected chi connectivity index (χ4v) is 5.61. The molecule has 0 amide bonds. The van der Waals surface area contributed by atoms with E-state index < -0.39 is 32.5 Å². The van der Waals surface area contributed by atoms with Gasteiger partial charge in [-0.1, -0.05) is 148 Å². The van der Waals surface area contributed by atoms with Gasteiger partial charge in [0.25, 0.3) is 0 Å². The van der Waals surface area contributed by atoms with Crippen LogP contribution in [0.5, 0.6) is 0 Å². The molecule has 0 rings (SSSR count). The van der Waals surface area contributed by atoms with Crippen LogP contribution in [0.2, 0.25) is 0 Å². The highest BCUT2D eigenvalue weighted by molar-refractivity contribution is 7.46. The number of ether oxygens (including phenoxy) is 2. The molecule has 266 valence electrons. The van der Waals surface area contributed by atoms with Gasteiger partial charge in [-0.05, 0) is 38.5 Å². The van der Waals surface area contributed by atoms with Gasteiger partial charge in [0.1, 0.15) is 6.61 Å². The van der Waals surface area contributed by atoms with Crippen molar-refractivity contribution in [3.8, 4) is 0 Å². The summed E-state index contributed by atoms with van der Waals surface area (Å²) < 4.78 is 26.3. The first kappa shape index (κ1) is 43.8.